The summed E-state index contributed by atoms with van der Waals surface area (Å²) < 4.78 is 3.31. The summed E-state index contributed by atoms with van der Waals surface area (Å²) in [4.78, 5) is 16.9. The van der Waals surface area contributed by atoms with Crippen molar-refractivity contribution in [1.29, 1.82) is 0 Å². The van der Waals surface area contributed by atoms with E-state index >= 15 is 0 Å². The first kappa shape index (κ1) is 13.8. The van der Waals surface area contributed by atoms with E-state index in [1.807, 2.05) is 11.6 Å². The van der Waals surface area contributed by atoms with Gasteiger partial charge in [0.1, 0.15) is 12.2 Å². The Morgan fingerprint density at radius 2 is 2.30 bits per heavy atom. The van der Waals surface area contributed by atoms with Gasteiger partial charge in [-0.15, -0.1) is 5.10 Å². The molecule has 0 unspecified atom stereocenters. The molecule has 0 saturated heterocycles. The quantitative estimate of drug-likeness (QED) is 0.740. The molecule has 0 bridgehead atoms. The van der Waals surface area contributed by atoms with Gasteiger partial charge in [0.25, 0.3) is 5.91 Å². The van der Waals surface area contributed by atoms with Gasteiger partial charge in [-0.05, 0) is 48.2 Å². The third-order valence-electron chi connectivity index (χ3n) is 4.06. The van der Waals surface area contributed by atoms with Crippen LogP contribution < -0.4 is 5.32 Å². The minimum absolute atomic E-state index is 0.116. The van der Waals surface area contributed by atoms with Gasteiger partial charge in [-0.1, -0.05) is 0 Å². The SMILES string of the molecule is CCn1ncnc1[C@@H](NC(=O)c1ccc2nnnn2c1)C1CC1. The van der Waals surface area contributed by atoms with Crippen LogP contribution in [0.5, 0.6) is 0 Å². The Morgan fingerprint density at radius 1 is 1.43 bits per heavy atom. The molecule has 0 aliphatic heterocycles. The Labute approximate surface area is 131 Å². The van der Waals surface area contributed by atoms with Crippen molar-refractivity contribution in [2.24, 2.45) is 5.92 Å². The van der Waals surface area contributed by atoms with Gasteiger partial charge in [0.2, 0.25) is 0 Å². The lowest BCUT2D eigenvalue weighted by atomic mass is 10.1. The van der Waals surface area contributed by atoms with Gasteiger partial charge >= 0.3 is 0 Å². The lowest BCUT2D eigenvalue weighted by Gasteiger charge is -2.18. The van der Waals surface area contributed by atoms with Gasteiger partial charge in [-0.3, -0.25) is 4.79 Å². The van der Waals surface area contributed by atoms with Crippen LogP contribution in [0.25, 0.3) is 5.65 Å². The number of hydrogen-bond donors (Lipinski definition) is 1. The maximum atomic E-state index is 12.6. The first-order valence-electron chi connectivity index (χ1n) is 7.62. The van der Waals surface area contributed by atoms with Crippen molar-refractivity contribution in [1.82, 2.24) is 40.1 Å². The Balaban J connectivity index is 1.60. The summed E-state index contributed by atoms with van der Waals surface area (Å²) in [5.74, 6) is 1.07. The number of aryl methyl sites for hydroxylation is 1. The number of carbonyl (C=O) groups is 1. The fraction of sp³-hybridized carbons (Fsp3) is 0.429. The van der Waals surface area contributed by atoms with Gasteiger partial charge in [-0.2, -0.15) is 9.61 Å². The summed E-state index contributed by atoms with van der Waals surface area (Å²) in [6.45, 7) is 2.74. The zero-order valence-electron chi connectivity index (χ0n) is 12.6. The molecular formula is C14H16N8O. The van der Waals surface area contributed by atoms with E-state index in [0.29, 0.717) is 17.1 Å². The monoisotopic (exact) mass is 312 g/mol. The Kier molecular flexibility index (Phi) is 3.25. The fourth-order valence-corrected chi connectivity index (χ4v) is 2.68. The van der Waals surface area contributed by atoms with E-state index in [9.17, 15) is 4.79 Å². The predicted octanol–water partition coefficient (Wildman–Crippen LogP) is 0.617. The first-order valence-corrected chi connectivity index (χ1v) is 7.62. The summed E-state index contributed by atoms with van der Waals surface area (Å²) in [5.41, 5.74) is 1.11. The van der Waals surface area contributed by atoms with Crippen molar-refractivity contribution >= 4 is 11.6 Å². The molecular weight excluding hydrogens is 296 g/mol. The van der Waals surface area contributed by atoms with E-state index in [1.165, 1.54) is 10.8 Å². The second-order valence-electron chi connectivity index (χ2n) is 5.62. The minimum Gasteiger partial charge on any atom is -0.342 e. The number of aromatic nitrogens is 7. The molecule has 4 rings (SSSR count). The Hall–Kier alpha value is -2.84. The lowest BCUT2D eigenvalue weighted by molar-refractivity contribution is 0.0928. The van der Waals surface area contributed by atoms with Crippen LogP contribution in [0.1, 0.15) is 42.0 Å². The minimum atomic E-state index is -0.162. The number of rotatable bonds is 5. The largest absolute Gasteiger partial charge is 0.342 e. The van der Waals surface area contributed by atoms with Crippen molar-refractivity contribution < 1.29 is 4.79 Å². The summed E-state index contributed by atoms with van der Waals surface area (Å²) in [5, 5.41) is 18.5. The topological polar surface area (TPSA) is 103 Å². The van der Waals surface area contributed by atoms with E-state index in [-0.39, 0.29) is 11.9 Å². The third kappa shape index (κ3) is 2.54. The molecule has 3 heterocycles. The predicted molar refractivity (Wildman–Crippen MR) is 79.4 cm³/mol. The summed E-state index contributed by atoms with van der Waals surface area (Å²) in [6.07, 6.45) is 5.34. The van der Waals surface area contributed by atoms with E-state index in [4.69, 9.17) is 0 Å². The number of carbonyl (C=O) groups excluding carboxylic acids is 1. The number of nitrogens with one attached hydrogen (secondary N) is 1. The van der Waals surface area contributed by atoms with Crippen LogP contribution in [0.4, 0.5) is 0 Å². The molecule has 1 fully saturated rings. The van der Waals surface area contributed by atoms with Crippen LogP contribution in [0, 0.1) is 5.92 Å². The van der Waals surface area contributed by atoms with E-state index < -0.39 is 0 Å². The van der Waals surface area contributed by atoms with Gasteiger partial charge < -0.3 is 5.32 Å². The summed E-state index contributed by atoms with van der Waals surface area (Å²) >= 11 is 0. The average Bonchev–Trinajstić information content (AvgIpc) is 3.12. The zero-order valence-corrected chi connectivity index (χ0v) is 12.6. The van der Waals surface area contributed by atoms with Gasteiger partial charge in [-0.25, -0.2) is 9.67 Å². The highest BCUT2D eigenvalue weighted by atomic mass is 16.1. The molecule has 1 aliphatic carbocycles. The van der Waals surface area contributed by atoms with Crippen LogP contribution >= 0.6 is 0 Å². The second-order valence-corrected chi connectivity index (χ2v) is 5.62. The number of nitrogens with zero attached hydrogens (tertiary/aromatic N) is 7. The third-order valence-corrected chi connectivity index (χ3v) is 4.06. The van der Waals surface area contributed by atoms with E-state index in [0.717, 1.165) is 25.2 Å². The van der Waals surface area contributed by atoms with Crippen LogP contribution in [0.2, 0.25) is 0 Å². The molecule has 1 saturated carbocycles. The smallest absolute Gasteiger partial charge is 0.253 e. The number of tetrazole rings is 1. The molecule has 1 N–H and O–H groups in total. The second kappa shape index (κ2) is 5.41. The zero-order chi connectivity index (χ0) is 15.8. The fourth-order valence-electron chi connectivity index (χ4n) is 2.68. The molecule has 23 heavy (non-hydrogen) atoms. The molecule has 1 amide bonds. The standard InChI is InChI=1S/C14H16N8O/c1-2-21-13(15-8-16-21)12(9-3-4-9)17-14(23)10-5-6-11-18-19-20-22(11)7-10/h5-9,12H,2-4H2,1H3,(H,17,23)/t12-/m0/s1. The highest BCUT2D eigenvalue weighted by Crippen LogP contribution is 2.40. The molecule has 0 radical (unpaired) electrons. The molecule has 118 valence electrons. The molecule has 3 aromatic rings. The van der Waals surface area contributed by atoms with Crippen molar-refractivity contribution in [3.05, 3.63) is 36.0 Å². The average molecular weight is 312 g/mol. The van der Waals surface area contributed by atoms with Crippen molar-refractivity contribution in [3.8, 4) is 0 Å². The highest BCUT2D eigenvalue weighted by molar-refractivity contribution is 5.94. The normalized spacial score (nSPS) is 15.7. The van der Waals surface area contributed by atoms with E-state index in [1.54, 1.807) is 18.3 Å². The summed E-state index contributed by atoms with van der Waals surface area (Å²) in [6, 6.07) is 3.32. The molecule has 9 heteroatoms. The number of pyridine rings is 1. The molecule has 3 aromatic heterocycles. The van der Waals surface area contributed by atoms with Crippen molar-refractivity contribution in [2.45, 2.75) is 32.4 Å². The van der Waals surface area contributed by atoms with Crippen molar-refractivity contribution in [2.75, 3.05) is 0 Å². The van der Waals surface area contributed by atoms with Crippen LogP contribution in [0.15, 0.2) is 24.7 Å². The number of fused-ring (bicyclic) bond motifs is 1. The number of hydrogen-bond acceptors (Lipinski definition) is 6. The van der Waals surface area contributed by atoms with Crippen LogP contribution in [-0.2, 0) is 6.54 Å². The molecule has 0 spiro atoms. The van der Waals surface area contributed by atoms with Crippen LogP contribution in [0.3, 0.4) is 0 Å². The van der Waals surface area contributed by atoms with Gasteiger partial charge in [0, 0.05) is 12.7 Å². The molecule has 9 nitrogen and oxygen atoms in total. The molecule has 0 aromatic carbocycles. The number of amides is 1. The summed E-state index contributed by atoms with van der Waals surface area (Å²) in [7, 11) is 0. The van der Waals surface area contributed by atoms with Gasteiger partial charge in [0.05, 0.1) is 11.6 Å². The van der Waals surface area contributed by atoms with E-state index in [2.05, 4.69) is 30.9 Å². The van der Waals surface area contributed by atoms with Gasteiger partial charge in [0.15, 0.2) is 5.65 Å². The molecule has 1 atom stereocenters. The maximum Gasteiger partial charge on any atom is 0.253 e. The molecule has 1 aliphatic rings. The maximum absolute atomic E-state index is 12.6. The van der Waals surface area contributed by atoms with Crippen LogP contribution in [-0.4, -0.2) is 40.7 Å². The highest BCUT2D eigenvalue weighted by Gasteiger charge is 2.36. The lowest BCUT2D eigenvalue weighted by Crippen LogP contribution is -2.32. The first-order chi connectivity index (χ1) is 11.3. The Bertz CT molecular complexity index is 849. The van der Waals surface area contributed by atoms with Crippen molar-refractivity contribution in [3.63, 3.8) is 0 Å². The Morgan fingerprint density at radius 3 is 3.09 bits per heavy atom.